The third kappa shape index (κ3) is 8.40. The van der Waals surface area contributed by atoms with Gasteiger partial charge in [0.05, 0.1) is 25.4 Å². The first-order chi connectivity index (χ1) is 7.45. The van der Waals surface area contributed by atoms with Gasteiger partial charge in [-0.05, 0) is 32.3 Å². The molecule has 3 N–H and O–H groups in total. The average Bonchev–Trinajstić information content (AvgIpc) is 2.22. The van der Waals surface area contributed by atoms with Crippen LogP contribution in [0.3, 0.4) is 0 Å². The van der Waals surface area contributed by atoms with Crippen molar-refractivity contribution in [3.63, 3.8) is 0 Å². The van der Waals surface area contributed by atoms with E-state index in [4.69, 9.17) is 5.11 Å². The molecule has 0 heterocycles. The summed E-state index contributed by atoms with van der Waals surface area (Å²) in [6, 6.07) is 0. The van der Waals surface area contributed by atoms with E-state index in [1.807, 2.05) is 0 Å². The fraction of sp³-hybridized carbons (Fsp3) is 0.727. The van der Waals surface area contributed by atoms with Crippen LogP contribution >= 0.6 is 0 Å². The van der Waals surface area contributed by atoms with Gasteiger partial charge in [-0.2, -0.15) is 0 Å². The van der Waals surface area contributed by atoms with E-state index in [1.54, 1.807) is 6.92 Å². The molecule has 16 heavy (non-hydrogen) atoms. The molecule has 0 radical (unpaired) electrons. The van der Waals surface area contributed by atoms with E-state index in [-0.39, 0.29) is 6.42 Å². The predicted molar refractivity (Wildman–Crippen MR) is 58.7 cm³/mol. The molecule has 94 valence electrons. The second-order valence-corrected chi connectivity index (χ2v) is 3.77. The molecule has 0 aliphatic rings. The van der Waals surface area contributed by atoms with Crippen LogP contribution in [0.2, 0.25) is 0 Å². The van der Waals surface area contributed by atoms with Crippen molar-refractivity contribution in [2.24, 2.45) is 0 Å². The van der Waals surface area contributed by atoms with Gasteiger partial charge in [-0.3, -0.25) is 0 Å². The lowest BCUT2D eigenvalue weighted by atomic mass is 10.1. The van der Waals surface area contributed by atoms with Gasteiger partial charge in [0.25, 0.3) is 0 Å². The van der Waals surface area contributed by atoms with Crippen molar-refractivity contribution in [1.82, 2.24) is 0 Å². The van der Waals surface area contributed by atoms with E-state index in [0.29, 0.717) is 12.8 Å². The Kier molecular flexibility index (Phi) is 7.80. The lowest BCUT2D eigenvalue weighted by molar-refractivity contribution is -0.134. The molecule has 0 bridgehead atoms. The molecule has 0 aromatic rings. The predicted octanol–water partition coefficient (Wildman–Crippen LogP) is -0.0115. The van der Waals surface area contributed by atoms with E-state index in [2.05, 4.69) is 4.74 Å². The fourth-order valence-electron chi connectivity index (χ4n) is 1.23. The van der Waals surface area contributed by atoms with Crippen molar-refractivity contribution >= 4 is 5.97 Å². The highest BCUT2D eigenvalue weighted by Crippen LogP contribution is 2.08. The van der Waals surface area contributed by atoms with Crippen molar-refractivity contribution < 1.29 is 24.9 Å². The Morgan fingerprint density at radius 2 is 1.94 bits per heavy atom. The first-order valence-corrected chi connectivity index (χ1v) is 5.26. The maximum Gasteiger partial charge on any atom is 0.330 e. The van der Waals surface area contributed by atoms with Crippen LogP contribution in [0.4, 0.5) is 0 Å². The number of carbonyl (C=O) groups is 1. The second kappa shape index (κ2) is 8.27. The summed E-state index contributed by atoms with van der Waals surface area (Å²) in [5, 5.41) is 27.8. The summed E-state index contributed by atoms with van der Waals surface area (Å²) in [4.78, 5) is 10.7. The van der Waals surface area contributed by atoms with Crippen LogP contribution in [-0.4, -0.2) is 46.7 Å². The van der Waals surface area contributed by atoms with E-state index >= 15 is 0 Å². The summed E-state index contributed by atoms with van der Waals surface area (Å²) in [6.45, 7) is 1.59. The molecule has 0 amide bonds. The number of hydrogen-bond acceptors (Lipinski definition) is 5. The van der Waals surface area contributed by atoms with Crippen molar-refractivity contribution in [2.45, 2.75) is 44.5 Å². The van der Waals surface area contributed by atoms with Crippen LogP contribution in [0.25, 0.3) is 0 Å². The molecule has 0 aromatic carbocycles. The second-order valence-electron chi connectivity index (χ2n) is 3.77. The molecular weight excluding hydrogens is 212 g/mol. The zero-order valence-electron chi connectivity index (χ0n) is 9.67. The van der Waals surface area contributed by atoms with Gasteiger partial charge in [0, 0.05) is 6.08 Å². The Balaban J connectivity index is 3.76. The number of methoxy groups -OCH3 is 1. The first kappa shape index (κ1) is 15.1. The van der Waals surface area contributed by atoms with Gasteiger partial charge in [-0.25, -0.2) is 4.79 Å². The SMILES string of the molecule is COC(=O)/C=C/[C@H](O)CC[C@H](O)C[C@H](C)O. The number of esters is 1. The normalized spacial score (nSPS) is 17.1. The summed E-state index contributed by atoms with van der Waals surface area (Å²) >= 11 is 0. The molecule has 0 aliphatic carbocycles. The van der Waals surface area contributed by atoms with Gasteiger partial charge >= 0.3 is 5.97 Å². The van der Waals surface area contributed by atoms with E-state index in [1.165, 1.54) is 13.2 Å². The van der Waals surface area contributed by atoms with Gasteiger partial charge in [-0.15, -0.1) is 0 Å². The Bertz CT molecular complexity index is 224. The van der Waals surface area contributed by atoms with Gasteiger partial charge < -0.3 is 20.1 Å². The number of rotatable bonds is 7. The van der Waals surface area contributed by atoms with Crippen molar-refractivity contribution in [2.75, 3.05) is 7.11 Å². The Morgan fingerprint density at radius 1 is 1.31 bits per heavy atom. The monoisotopic (exact) mass is 232 g/mol. The van der Waals surface area contributed by atoms with Crippen LogP contribution in [0, 0.1) is 0 Å². The molecule has 5 nitrogen and oxygen atoms in total. The molecule has 5 heteroatoms. The standard InChI is InChI=1S/C11H20O5/c1-8(12)7-10(14)4-3-9(13)5-6-11(15)16-2/h5-6,8-10,12-14H,3-4,7H2,1-2H3/b6-5+/t8-,9+,10-/m0/s1. The number of carbonyl (C=O) groups excluding carboxylic acids is 1. The van der Waals surface area contributed by atoms with Crippen molar-refractivity contribution in [3.05, 3.63) is 12.2 Å². The first-order valence-electron chi connectivity index (χ1n) is 5.26. The Labute approximate surface area is 95.4 Å². The molecule has 0 spiro atoms. The molecule has 0 unspecified atom stereocenters. The van der Waals surface area contributed by atoms with Gasteiger partial charge in [0.1, 0.15) is 0 Å². The molecule has 3 atom stereocenters. The third-order valence-corrected chi connectivity index (χ3v) is 2.06. The zero-order chi connectivity index (χ0) is 12.6. The van der Waals surface area contributed by atoms with Crippen LogP contribution in [0.1, 0.15) is 26.2 Å². The maximum absolute atomic E-state index is 10.7. The highest BCUT2D eigenvalue weighted by molar-refractivity contribution is 5.81. The summed E-state index contributed by atoms with van der Waals surface area (Å²) in [5.41, 5.74) is 0. The quantitative estimate of drug-likeness (QED) is 0.424. The Hall–Kier alpha value is -0.910. The van der Waals surface area contributed by atoms with Gasteiger partial charge in [0.15, 0.2) is 0 Å². The van der Waals surface area contributed by atoms with Crippen LogP contribution in [0.5, 0.6) is 0 Å². The molecular formula is C11H20O5. The van der Waals surface area contributed by atoms with Gasteiger partial charge in [-0.1, -0.05) is 0 Å². The molecule has 0 saturated carbocycles. The molecule has 0 aliphatic heterocycles. The van der Waals surface area contributed by atoms with E-state index in [9.17, 15) is 15.0 Å². The minimum atomic E-state index is -0.789. The number of aliphatic hydroxyl groups is 3. The van der Waals surface area contributed by atoms with Gasteiger partial charge in [0.2, 0.25) is 0 Å². The minimum absolute atomic E-state index is 0.285. The minimum Gasteiger partial charge on any atom is -0.466 e. The third-order valence-electron chi connectivity index (χ3n) is 2.06. The number of ether oxygens (including phenoxy) is 1. The van der Waals surface area contributed by atoms with Crippen LogP contribution in [-0.2, 0) is 9.53 Å². The highest BCUT2D eigenvalue weighted by Gasteiger charge is 2.10. The van der Waals surface area contributed by atoms with Crippen molar-refractivity contribution in [1.29, 1.82) is 0 Å². The largest absolute Gasteiger partial charge is 0.466 e. The highest BCUT2D eigenvalue weighted by atomic mass is 16.5. The van der Waals surface area contributed by atoms with E-state index in [0.717, 1.165) is 6.08 Å². The molecule has 0 rings (SSSR count). The van der Waals surface area contributed by atoms with E-state index < -0.39 is 24.3 Å². The number of hydrogen-bond donors (Lipinski definition) is 3. The lowest BCUT2D eigenvalue weighted by Crippen LogP contribution is -2.17. The average molecular weight is 232 g/mol. The summed E-state index contributed by atoms with van der Waals surface area (Å²) in [7, 11) is 1.26. The smallest absolute Gasteiger partial charge is 0.330 e. The fourth-order valence-corrected chi connectivity index (χ4v) is 1.23. The molecule has 0 aromatic heterocycles. The summed E-state index contributed by atoms with van der Waals surface area (Å²) in [5.74, 6) is -0.524. The van der Waals surface area contributed by atoms with Crippen molar-refractivity contribution in [3.8, 4) is 0 Å². The molecule has 0 saturated heterocycles. The van der Waals surface area contributed by atoms with Crippen LogP contribution in [0.15, 0.2) is 12.2 Å². The van der Waals surface area contributed by atoms with Crippen LogP contribution < -0.4 is 0 Å². The summed E-state index contributed by atoms with van der Waals surface area (Å²) < 4.78 is 4.36. The zero-order valence-corrected chi connectivity index (χ0v) is 9.67. The topological polar surface area (TPSA) is 87.0 Å². The molecule has 0 fully saturated rings. The lowest BCUT2D eigenvalue weighted by Gasteiger charge is -2.13. The maximum atomic E-state index is 10.7. The number of aliphatic hydroxyl groups excluding tert-OH is 3. The Morgan fingerprint density at radius 3 is 2.44 bits per heavy atom. The summed E-state index contributed by atoms with van der Waals surface area (Å²) in [6.07, 6.45) is 1.47.